The highest BCUT2D eigenvalue weighted by Gasteiger charge is 2.07. The van der Waals surface area contributed by atoms with Crippen molar-refractivity contribution < 1.29 is 4.79 Å². The maximum absolute atomic E-state index is 11.8. The van der Waals surface area contributed by atoms with Crippen LogP contribution in [0.3, 0.4) is 0 Å². The van der Waals surface area contributed by atoms with Crippen LogP contribution in [0.4, 0.5) is 0 Å². The average Bonchev–Trinajstić information content (AvgIpc) is 2.53. The van der Waals surface area contributed by atoms with Crippen LogP contribution in [-0.2, 0) is 6.54 Å². The molecule has 2 aromatic rings. The zero-order valence-corrected chi connectivity index (χ0v) is 13.3. The number of hydrogen-bond donors (Lipinski definition) is 1. The van der Waals surface area contributed by atoms with Crippen molar-refractivity contribution in [1.29, 1.82) is 0 Å². The van der Waals surface area contributed by atoms with E-state index in [-0.39, 0.29) is 16.8 Å². The molecule has 1 amide bonds. The Bertz CT molecular complexity index is 589. The molecule has 6 heteroatoms. The van der Waals surface area contributed by atoms with Gasteiger partial charge in [-0.3, -0.25) is 4.79 Å². The first kappa shape index (κ1) is 16.4. The molecule has 0 radical (unpaired) electrons. The molecule has 0 aliphatic carbocycles. The summed E-state index contributed by atoms with van der Waals surface area (Å²) in [6.07, 6.45) is 0.871. The second-order valence-corrected chi connectivity index (χ2v) is 5.46. The Balaban J connectivity index is 1.66. The molecule has 1 aromatic heterocycles. The molecule has 1 heterocycles. The smallest absolute Gasteiger partial charge is 0.271 e. The predicted octanol–water partition coefficient (Wildman–Crippen LogP) is 2.38. The number of benzene rings is 1. The molecule has 1 aromatic carbocycles. The van der Waals surface area contributed by atoms with E-state index in [9.17, 15) is 4.79 Å². The van der Waals surface area contributed by atoms with Gasteiger partial charge in [0, 0.05) is 13.1 Å². The highest BCUT2D eigenvalue weighted by atomic mass is 35.5. The Hall–Kier alpha value is -1.98. The number of amides is 1. The summed E-state index contributed by atoms with van der Waals surface area (Å²) in [6.45, 7) is 2.40. The van der Waals surface area contributed by atoms with Gasteiger partial charge in [-0.05, 0) is 37.7 Å². The van der Waals surface area contributed by atoms with Crippen LogP contribution in [0.5, 0.6) is 0 Å². The van der Waals surface area contributed by atoms with Crippen molar-refractivity contribution in [3.05, 3.63) is 58.9 Å². The van der Waals surface area contributed by atoms with Crippen LogP contribution in [0, 0.1) is 0 Å². The van der Waals surface area contributed by atoms with Gasteiger partial charge in [-0.15, -0.1) is 10.2 Å². The number of aromatic nitrogens is 2. The fourth-order valence-corrected chi connectivity index (χ4v) is 2.15. The molecule has 0 saturated carbocycles. The van der Waals surface area contributed by atoms with Gasteiger partial charge in [-0.1, -0.05) is 41.9 Å². The maximum Gasteiger partial charge on any atom is 0.271 e. The lowest BCUT2D eigenvalue weighted by molar-refractivity contribution is 0.0946. The fraction of sp³-hybridized carbons (Fsp3) is 0.312. The summed E-state index contributed by atoms with van der Waals surface area (Å²) in [4.78, 5) is 14.0. The largest absolute Gasteiger partial charge is 0.351 e. The molecule has 0 saturated heterocycles. The molecule has 0 fully saturated rings. The number of nitrogens with one attached hydrogen (secondary N) is 1. The molecule has 116 valence electrons. The van der Waals surface area contributed by atoms with Crippen molar-refractivity contribution in [2.24, 2.45) is 0 Å². The van der Waals surface area contributed by atoms with Crippen LogP contribution in [0.1, 0.15) is 22.5 Å². The van der Waals surface area contributed by atoms with Gasteiger partial charge in [0.2, 0.25) is 0 Å². The Morgan fingerprint density at radius 3 is 2.64 bits per heavy atom. The number of rotatable bonds is 7. The molecule has 0 atom stereocenters. The van der Waals surface area contributed by atoms with Gasteiger partial charge >= 0.3 is 0 Å². The normalized spacial score (nSPS) is 10.7. The van der Waals surface area contributed by atoms with Crippen LogP contribution < -0.4 is 5.32 Å². The van der Waals surface area contributed by atoms with Crippen LogP contribution in [0.15, 0.2) is 42.5 Å². The van der Waals surface area contributed by atoms with E-state index >= 15 is 0 Å². The van der Waals surface area contributed by atoms with Crippen molar-refractivity contribution in [3.63, 3.8) is 0 Å². The quantitative estimate of drug-likeness (QED) is 0.796. The van der Waals surface area contributed by atoms with Crippen LogP contribution in [-0.4, -0.2) is 41.1 Å². The van der Waals surface area contributed by atoms with Gasteiger partial charge in [-0.2, -0.15) is 0 Å². The minimum atomic E-state index is -0.227. The summed E-state index contributed by atoms with van der Waals surface area (Å²) < 4.78 is 0. The summed E-state index contributed by atoms with van der Waals surface area (Å²) in [5.74, 6) is -0.227. The van der Waals surface area contributed by atoms with Crippen LogP contribution in [0.25, 0.3) is 0 Å². The summed E-state index contributed by atoms with van der Waals surface area (Å²) in [5, 5.41) is 10.5. The monoisotopic (exact) mass is 318 g/mol. The van der Waals surface area contributed by atoms with E-state index in [0.717, 1.165) is 19.5 Å². The van der Waals surface area contributed by atoms with Gasteiger partial charge in [0.1, 0.15) is 0 Å². The third-order valence-corrected chi connectivity index (χ3v) is 3.36. The molecular formula is C16H19ClN4O. The zero-order chi connectivity index (χ0) is 15.8. The van der Waals surface area contributed by atoms with Gasteiger partial charge in [0.15, 0.2) is 10.8 Å². The molecule has 5 nitrogen and oxygen atoms in total. The summed E-state index contributed by atoms with van der Waals surface area (Å²) >= 11 is 5.63. The van der Waals surface area contributed by atoms with Crippen molar-refractivity contribution in [2.45, 2.75) is 13.0 Å². The summed E-state index contributed by atoms with van der Waals surface area (Å²) in [7, 11) is 2.07. The van der Waals surface area contributed by atoms with Crippen molar-refractivity contribution >= 4 is 17.5 Å². The van der Waals surface area contributed by atoms with E-state index in [1.807, 2.05) is 18.2 Å². The molecule has 0 unspecified atom stereocenters. The van der Waals surface area contributed by atoms with Crippen LogP contribution in [0.2, 0.25) is 5.15 Å². The Morgan fingerprint density at radius 2 is 1.95 bits per heavy atom. The molecule has 0 bridgehead atoms. The van der Waals surface area contributed by atoms with Gasteiger partial charge in [0.05, 0.1) is 0 Å². The van der Waals surface area contributed by atoms with E-state index in [0.29, 0.717) is 6.54 Å². The van der Waals surface area contributed by atoms with Gasteiger partial charge < -0.3 is 10.2 Å². The average molecular weight is 319 g/mol. The first-order valence-corrected chi connectivity index (χ1v) is 7.53. The van der Waals surface area contributed by atoms with Crippen LogP contribution >= 0.6 is 11.6 Å². The fourth-order valence-electron chi connectivity index (χ4n) is 2.05. The van der Waals surface area contributed by atoms with Gasteiger partial charge in [0.25, 0.3) is 5.91 Å². The Labute approximate surface area is 135 Å². The third kappa shape index (κ3) is 5.42. The topological polar surface area (TPSA) is 58.1 Å². The van der Waals surface area contributed by atoms with Gasteiger partial charge in [-0.25, -0.2) is 0 Å². The molecule has 2 rings (SSSR count). The lowest BCUT2D eigenvalue weighted by Crippen LogP contribution is -2.28. The lowest BCUT2D eigenvalue weighted by atomic mass is 10.2. The Kier molecular flexibility index (Phi) is 6.30. The highest BCUT2D eigenvalue weighted by Crippen LogP contribution is 2.03. The summed E-state index contributed by atoms with van der Waals surface area (Å²) in [5.41, 5.74) is 1.56. The van der Waals surface area contributed by atoms with E-state index < -0.39 is 0 Å². The molecule has 1 N–H and O–H groups in total. The number of carbonyl (C=O) groups excluding carboxylic acids is 1. The van der Waals surface area contributed by atoms with Crippen molar-refractivity contribution in [1.82, 2.24) is 20.4 Å². The summed E-state index contributed by atoms with van der Waals surface area (Å²) in [6, 6.07) is 13.4. The maximum atomic E-state index is 11.8. The standard InChI is InChI=1S/C16H19ClN4O/c1-21(12-13-6-3-2-4-7-13)11-5-10-18-16(22)14-8-9-15(17)20-19-14/h2-4,6-9H,5,10-12H2,1H3,(H,18,22). The first-order valence-electron chi connectivity index (χ1n) is 7.15. The number of hydrogen-bond acceptors (Lipinski definition) is 4. The highest BCUT2D eigenvalue weighted by molar-refractivity contribution is 6.29. The first-order chi connectivity index (χ1) is 10.6. The number of halogens is 1. The zero-order valence-electron chi connectivity index (χ0n) is 12.5. The molecule has 22 heavy (non-hydrogen) atoms. The second-order valence-electron chi connectivity index (χ2n) is 5.07. The SMILES string of the molecule is CN(CCCNC(=O)c1ccc(Cl)nn1)Cc1ccccc1. The van der Waals surface area contributed by atoms with Crippen molar-refractivity contribution in [3.8, 4) is 0 Å². The van der Waals surface area contributed by atoms with E-state index in [4.69, 9.17) is 11.6 Å². The predicted molar refractivity (Wildman–Crippen MR) is 86.8 cm³/mol. The van der Waals surface area contributed by atoms with Crippen molar-refractivity contribution in [2.75, 3.05) is 20.1 Å². The number of carbonyl (C=O) groups is 1. The Morgan fingerprint density at radius 1 is 1.18 bits per heavy atom. The van der Waals surface area contributed by atoms with E-state index in [1.165, 1.54) is 5.56 Å². The minimum Gasteiger partial charge on any atom is -0.351 e. The minimum absolute atomic E-state index is 0.227. The third-order valence-electron chi connectivity index (χ3n) is 3.16. The van der Waals surface area contributed by atoms with E-state index in [1.54, 1.807) is 12.1 Å². The second kappa shape index (κ2) is 8.46. The molecule has 0 aliphatic heterocycles. The molecular weight excluding hydrogens is 300 g/mol. The molecule has 0 aliphatic rings. The lowest BCUT2D eigenvalue weighted by Gasteiger charge is -2.16. The van der Waals surface area contributed by atoms with E-state index in [2.05, 4.69) is 39.6 Å². The number of nitrogens with zero attached hydrogens (tertiary/aromatic N) is 3. The molecule has 0 spiro atoms.